The number of hydrogen-bond donors (Lipinski definition) is 2. The molecule has 0 unspecified atom stereocenters. The largest absolute Gasteiger partial charge is 0.355 e. The molecule has 0 fully saturated rings. The molecule has 0 aliphatic rings. The minimum absolute atomic E-state index is 0.227. The molecule has 11 nitrogen and oxygen atoms in total. The van der Waals surface area contributed by atoms with E-state index in [2.05, 4.69) is 20.8 Å². The molecule has 40 heavy (non-hydrogen) atoms. The zero-order valence-electron chi connectivity index (χ0n) is 23.0. The summed E-state index contributed by atoms with van der Waals surface area (Å²) in [6.45, 7) is 0.564. The normalized spacial score (nSPS) is 11.2. The molecule has 2 amide bonds. The van der Waals surface area contributed by atoms with Gasteiger partial charge in [0.05, 0.1) is 11.2 Å². The molecule has 2 heterocycles. The van der Waals surface area contributed by atoms with Crippen molar-refractivity contribution in [1.29, 1.82) is 0 Å². The van der Waals surface area contributed by atoms with Crippen LogP contribution in [0.5, 0.6) is 0 Å². The van der Waals surface area contributed by atoms with Crippen LogP contribution in [0.25, 0.3) is 27.7 Å². The van der Waals surface area contributed by atoms with Crippen molar-refractivity contribution >= 4 is 28.4 Å². The van der Waals surface area contributed by atoms with Gasteiger partial charge in [-0.05, 0) is 67.2 Å². The first kappa shape index (κ1) is 26.6. The summed E-state index contributed by atoms with van der Waals surface area (Å²) in [6.07, 6.45) is 1.49. The molecule has 2 N–H and O–H groups in total. The average molecular weight is 539 g/mol. The van der Waals surface area contributed by atoms with Gasteiger partial charge in [0.15, 0.2) is 5.69 Å². The van der Waals surface area contributed by atoms with E-state index in [4.69, 9.17) is 0 Å². The van der Waals surface area contributed by atoms with Crippen molar-refractivity contribution < 1.29 is 9.59 Å². The molecule has 0 saturated heterocycles. The second kappa shape index (κ2) is 10.6. The summed E-state index contributed by atoms with van der Waals surface area (Å²) in [6, 6.07) is 18.4. The maximum Gasteiger partial charge on any atom is 0.350 e. The summed E-state index contributed by atoms with van der Waals surface area (Å²) < 4.78 is 4.46. The predicted octanol–water partition coefficient (Wildman–Crippen LogP) is 2.80. The number of nitrogens with zero attached hydrogens (tertiary/aromatic N) is 6. The van der Waals surface area contributed by atoms with E-state index in [9.17, 15) is 14.4 Å². The number of amides is 2. The summed E-state index contributed by atoms with van der Waals surface area (Å²) in [5.74, 6) is -0.611. The third kappa shape index (κ3) is 4.90. The van der Waals surface area contributed by atoms with E-state index in [1.807, 2.05) is 62.4 Å². The van der Waals surface area contributed by atoms with Crippen LogP contribution in [-0.4, -0.2) is 62.0 Å². The van der Waals surface area contributed by atoms with E-state index >= 15 is 0 Å². The Balaban J connectivity index is 1.58. The number of carbonyl (C=O) groups excluding carboxylic acids is 2. The first-order valence-electron chi connectivity index (χ1n) is 12.7. The van der Waals surface area contributed by atoms with Gasteiger partial charge in [-0.15, -0.1) is 0 Å². The van der Waals surface area contributed by atoms with Crippen molar-refractivity contribution in [3.63, 3.8) is 0 Å². The van der Waals surface area contributed by atoms with Crippen LogP contribution in [-0.2, 0) is 20.6 Å². The zero-order chi connectivity index (χ0) is 28.6. The molecule has 11 heteroatoms. The maximum atomic E-state index is 13.6. The fourth-order valence-corrected chi connectivity index (χ4v) is 4.77. The van der Waals surface area contributed by atoms with Crippen molar-refractivity contribution in [2.75, 3.05) is 26.5 Å². The van der Waals surface area contributed by atoms with Crippen LogP contribution >= 0.6 is 0 Å². The van der Waals surface area contributed by atoms with E-state index in [1.165, 1.54) is 15.6 Å². The number of aryl methyl sites for hydroxylation is 2. The predicted molar refractivity (Wildman–Crippen MR) is 154 cm³/mol. The van der Waals surface area contributed by atoms with Gasteiger partial charge >= 0.3 is 5.69 Å². The lowest BCUT2D eigenvalue weighted by Gasteiger charge is -2.17. The summed E-state index contributed by atoms with van der Waals surface area (Å²) in [4.78, 5) is 40.0. The molecule has 0 bridgehead atoms. The molecule has 0 atom stereocenters. The van der Waals surface area contributed by atoms with Crippen LogP contribution in [0.1, 0.15) is 26.4 Å². The molecule has 204 valence electrons. The van der Waals surface area contributed by atoms with E-state index in [-0.39, 0.29) is 17.5 Å². The van der Waals surface area contributed by atoms with Gasteiger partial charge in [-0.25, -0.2) is 14.0 Å². The molecule has 5 rings (SSSR count). The number of hydrogen-bond acceptors (Lipinski definition) is 6. The summed E-state index contributed by atoms with van der Waals surface area (Å²) in [7, 11) is 8.92. The first-order valence-corrected chi connectivity index (χ1v) is 12.7. The molecule has 2 aromatic heterocycles. The smallest absolute Gasteiger partial charge is 0.350 e. The van der Waals surface area contributed by atoms with Gasteiger partial charge in [0.2, 0.25) is 0 Å². The Morgan fingerprint density at radius 2 is 1.70 bits per heavy atom. The fraction of sp³-hybridized carbons (Fsp3) is 0.207. The fourth-order valence-electron chi connectivity index (χ4n) is 4.77. The van der Waals surface area contributed by atoms with Crippen LogP contribution in [0.3, 0.4) is 0 Å². The van der Waals surface area contributed by atoms with Crippen molar-refractivity contribution in [3.05, 3.63) is 94.3 Å². The standard InChI is InChI=1S/C29H30N8O3/c1-30-27(38)19-7-6-8-20(15-19)32-28(39)26-25-23(16-34(2)3)22(13-14-24(25)35(4)33-26)18-9-11-21(12-10-18)37-17-31-36(5)29(37)40/h6-15,17H,16H2,1-5H3,(H,30,38)(H,32,39). The lowest BCUT2D eigenvalue weighted by Crippen LogP contribution is -2.21. The lowest BCUT2D eigenvalue weighted by molar-refractivity contribution is 0.0961. The Bertz CT molecular complexity index is 1790. The van der Waals surface area contributed by atoms with Crippen molar-refractivity contribution in [2.24, 2.45) is 14.1 Å². The van der Waals surface area contributed by atoms with E-state index in [1.54, 1.807) is 43.0 Å². The molecular formula is C29H30N8O3. The number of benzene rings is 3. The van der Waals surface area contributed by atoms with Gasteiger partial charge in [-0.1, -0.05) is 24.3 Å². The number of anilines is 1. The van der Waals surface area contributed by atoms with Crippen LogP contribution in [0, 0.1) is 0 Å². The van der Waals surface area contributed by atoms with Crippen molar-refractivity contribution in [3.8, 4) is 16.8 Å². The maximum absolute atomic E-state index is 13.6. The highest BCUT2D eigenvalue weighted by molar-refractivity contribution is 6.13. The van der Waals surface area contributed by atoms with E-state index < -0.39 is 0 Å². The topological polar surface area (TPSA) is 119 Å². The Labute approximate surface area is 230 Å². The first-order chi connectivity index (χ1) is 19.2. The van der Waals surface area contributed by atoms with Gasteiger partial charge in [0.25, 0.3) is 11.8 Å². The average Bonchev–Trinajstić information content (AvgIpc) is 3.47. The summed E-state index contributed by atoms with van der Waals surface area (Å²) >= 11 is 0. The van der Waals surface area contributed by atoms with E-state index in [0.29, 0.717) is 29.2 Å². The molecule has 5 aromatic rings. The van der Waals surface area contributed by atoms with Crippen LogP contribution < -0.4 is 16.3 Å². The molecule has 0 aliphatic heterocycles. The molecule has 0 spiro atoms. The highest BCUT2D eigenvalue weighted by Gasteiger charge is 2.23. The summed E-state index contributed by atoms with van der Waals surface area (Å²) in [5, 5.41) is 14.9. The van der Waals surface area contributed by atoms with Gasteiger partial charge in [-0.2, -0.15) is 10.2 Å². The van der Waals surface area contributed by atoms with Gasteiger partial charge in [-0.3, -0.25) is 14.3 Å². The Morgan fingerprint density at radius 3 is 2.35 bits per heavy atom. The molecule has 0 aliphatic carbocycles. The second-order valence-corrected chi connectivity index (χ2v) is 9.76. The van der Waals surface area contributed by atoms with Crippen molar-refractivity contribution in [2.45, 2.75) is 6.54 Å². The monoisotopic (exact) mass is 538 g/mol. The number of carbonyl (C=O) groups is 2. The third-order valence-electron chi connectivity index (χ3n) is 6.71. The highest BCUT2D eigenvalue weighted by atomic mass is 16.2. The van der Waals surface area contributed by atoms with Crippen LogP contribution in [0.4, 0.5) is 5.69 Å². The molecule has 3 aromatic carbocycles. The van der Waals surface area contributed by atoms with E-state index in [0.717, 1.165) is 27.6 Å². The SMILES string of the molecule is CNC(=O)c1cccc(NC(=O)c2nn(C)c3ccc(-c4ccc(-n5cnn(C)c5=O)cc4)c(CN(C)C)c23)c1. The zero-order valence-corrected chi connectivity index (χ0v) is 23.0. The lowest BCUT2D eigenvalue weighted by atomic mass is 9.94. The van der Waals surface area contributed by atoms with Crippen LogP contribution in [0.15, 0.2) is 71.8 Å². The van der Waals surface area contributed by atoms with Crippen LogP contribution in [0.2, 0.25) is 0 Å². The Kier molecular flexibility index (Phi) is 7.05. The minimum Gasteiger partial charge on any atom is -0.355 e. The molecule has 0 saturated carbocycles. The number of fused-ring (bicyclic) bond motifs is 1. The van der Waals surface area contributed by atoms with Gasteiger partial charge in [0, 0.05) is 44.3 Å². The number of aromatic nitrogens is 5. The second-order valence-electron chi connectivity index (χ2n) is 9.76. The Hall–Kier alpha value is -5.03. The summed E-state index contributed by atoms with van der Waals surface area (Å²) in [5.41, 5.74) is 5.37. The third-order valence-corrected chi connectivity index (χ3v) is 6.71. The van der Waals surface area contributed by atoms with Gasteiger partial charge in [0.1, 0.15) is 6.33 Å². The van der Waals surface area contributed by atoms with Gasteiger partial charge < -0.3 is 15.5 Å². The van der Waals surface area contributed by atoms with Crippen molar-refractivity contribution in [1.82, 2.24) is 34.3 Å². The highest BCUT2D eigenvalue weighted by Crippen LogP contribution is 2.34. The molecular weight excluding hydrogens is 508 g/mol. The minimum atomic E-state index is -0.372. The molecule has 0 radical (unpaired) electrons. The number of rotatable bonds is 7. The number of nitrogens with one attached hydrogen (secondary N) is 2. The quantitative estimate of drug-likeness (QED) is 0.329. The Morgan fingerprint density at radius 1 is 0.950 bits per heavy atom.